The summed E-state index contributed by atoms with van der Waals surface area (Å²) >= 11 is 0. The van der Waals surface area contributed by atoms with Gasteiger partial charge in [-0.1, -0.05) is 17.3 Å². The predicted molar refractivity (Wildman–Crippen MR) is 83.1 cm³/mol. The second-order valence-corrected chi connectivity index (χ2v) is 4.87. The first kappa shape index (κ1) is 17.7. The molecule has 128 valence electrons. The first-order chi connectivity index (χ1) is 11.4. The largest absolute Gasteiger partial charge is 0.573 e. The van der Waals surface area contributed by atoms with E-state index < -0.39 is 6.36 Å². The lowest BCUT2D eigenvalue weighted by molar-refractivity contribution is -0.274. The van der Waals surface area contributed by atoms with E-state index in [1.54, 1.807) is 14.0 Å². The van der Waals surface area contributed by atoms with Crippen LogP contribution in [0.15, 0.2) is 53.7 Å². The normalized spacial score (nSPS) is 12.0. The van der Waals surface area contributed by atoms with E-state index in [4.69, 9.17) is 9.57 Å². The van der Waals surface area contributed by atoms with Crippen molar-refractivity contribution in [3.63, 3.8) is 0 Å². The van der Waals surface area contributed by atoms with Crippen LogP contribution in [-0.4, -0.2) is 19.2 Å². The summed E-state index contributed by atoms with van der Waals surface area (Å²) in [5.74, 6) is 0.470. The van der Waals surface area contributed by atoms with Gasteiger partial charge in [0.1, 0.15) is 18.1 Å². The quantitative estimate of drug-likeness (QED) is 0.573. The van der Waals surface area contributed by atoms with Gasteiger partial charge in [0.2, 0.25) is 0 Å². The first-order valence-corrected chi connectivity index (χ1v) is 7.03. The lowest BCUT2D eigenvalue weighted by atomic mass is 10.1. The maximum absolute atomic E-state index is 12.1. The average Bonchev–Trinajstić information content (AvgIpc) is 2.54. The Balaban J connectivity index is 1.92. The third-order valence-electron chi connectivity index (χ3n) is 3.10. The number of oxime groups is 1. The zero-order valence-electron chi connectivity index (χ0n) is 13.1. The summed E-state index contributed by atoms with van der Waals surface area (Å²) in [5, 5.41) is 3.96. The summed E-state index contributed by atoms with van der Waals surface area (Å²) in [4.78, 5) is 5.26. The first-order valence-electron chi connectivity index (χ1n) is 7.03. The van der Waals surface area contributed by atoms with E-state index in [0.29, 0.717) is 11.3 Å². The zero-order chi connectivity index (χ0) is 17.6. The molecule has 0 aliphatic rings. The van der Waals surface area contributed by atoms with Crippen LogP contribution in [0.1, 0.15) is 18.1 Å². The summed E-state index contributed by atoms with van der Waals surface area (Å²) in [5.41, 5.74) is 2.10. The van der Waals surface area contributed by atoms with Crippen LogP contribution in [0, 0.1) is 0 Å². The molecule has 0 amide bonds. The Morgan fingerprint density at radius 2 is 1.54 bits per heavy atom. The number of benzene rings is 2. The highest BCUT2D eigenvalue weighted by atomic mass is 19.4. The van der Waals surface area contributed by atoms with Crippen LogP contribution in [0.3, 0.4) is 0 Å². The van der Waals surface area contributed by atoms with Crippen LogP contribution >= 0.6 is 0 Å². The van der Waals surface area contributed by atoms with Crippen molar-refractivity contribution < 1.29 is 27.5 Å². The molecular formula is C17H16F3NO3. The standard InChI is InChI=1S/C17H16F3NO3/c1-12(14-5-9-16(10-6-14)24-17(18,19)20)21-23-11-13-3-7-15(22-2)8-4-13/h3-10H,11H2,1-2H3/b21-12-. The van der Waals surface area contributed by atoms with Gasteiger partial charge >= 0.3 is 6.36 Å². The molecule has 2 rings (SSSR count). The average molecular weight is 339 g/mol. The molecule has 0 atom stereocenters. The number of halogens is 3. The third-order valence-corrected chi connectivity index (χ3v) is 3.10. The zero-order valence-corrected chi connectivity index (χ0v) is 13.1. The molecule has 2 aromatic carbocycles. The monoisotopic (exact) mass is 339 g/mol. The van der Waals surface area contributed by atoms with Crippen LogP contribution < -0.4 is 9.47 Å². The van der Waals surface area contributed by atoms with Crippen molar-refractivity contribution in [2.75, 3.05) is 7.11 Å². The van der Waals surface area contributed by atoms with Crippen LogP contribution in [0.5, 0.6) is 11.5 Å². The van der Waals surface area contributed by atoms with Crippen molar-refractivity contribution in [1.82, 2.24) is 0 Å². The van der Waals surface area contributed by atoms with Gasteiger partial charge in [-0.2, -0.15) is 0 Å². The molecule has 4 nitrogen and oxygen atoms in total. The van der Waals surface area contributed by atoms with Crippen molar-refractivity contribution in [1.29, 1.82) is 0 Å². The fourth-order valence-corrected chi connectivity index (χ4v) is 1.88. The molecule has 0 saturated heterocycles. The van der Waals surface area contributed by atoms with Gasteiger partial charge in [-0.3, -0.25) is 0 Å². The fraction of sp³-hybridized carbons (Fsp3) is 0.235. The molecule has 0 aromatic heterocycles. The number of rotatable bonds is 6. The molecular weight excluding hydrogens is 323 g/mol. The number of methoxy groups -OCH3 is 1. The lowest BCUT2D eigenvalue weighted by Gasteiger charge is -2.09. The minimum Gasteiger partial charge on any atom is -0.497 e. The van der Waals surface area contributed by atoms with Gasteiger partial charge in [0, 0.05) is 0 Å². The molecule has 0 radical (unpaired) electrons. The van der Waals surface area contributed by atoms with Gasteiger partial charge in [-0.15, -0.1) is 13.2 Å². The molecule has 24 heavy (non-hydrogen) atoms. The summed E-state index contributed by atoms with van der Waals surface area (Å²) in [7, 11) is 1.59. The van der Waals surface area contributed by atoms with Crippen LogP contribution in [-0.2, 0) is 11.4 Å². The van der Waals surface area contributed by atoms with Crippen LogP contribution in [0.25, 0.3) is 0 Å². The van der Waals surface area contributed by atoms with Gasteiger partial charge in [-0.05, 0) is 54.4 Å². The van der Waals surface area contributed by atoms with Crippen molar-refractivity contribution in [2.24, 2.45) is 5.16 Å². The number of nitrogens with zero attached hydrogens (tertiary/aromatic N) is 1. The molecule has 0 spiro atoms. The minimum atomic E-state index is -4.70. The number of alkyl halides is 3. The Kier molecular flexibility index (Phi) is 5.68. The molecule has 0 fully saturated rings. The maximum atomic E-state index is 12.1. The predicted octanol–water partition coefficient (Wildman–Crippen LogP) is 4.53. The van der Waals surface area contributed by atoms with Crippen LogP contribution in [0.2, 0.25) is 0 Å². The molecule has 0 saturated carbocycles. The molecule has 0 heterocycles. The fourth-order valence-electron chi connectivity index (χ4n) is 1.88. The summed E-state index contributed by atoms with van der Waals surface area (Å²) in [6.07, 6.45) is -4.70. The van der Waals surface area contributed by atoms with E-state index in [9.17, 15) is 13.2 Å². The Bertz CT molecular complexity index is 680. The van der Waals surface area contributed by atoms with E-state index in [0.717, 1.165) is 11.3 Å². The highest BCUT2D eigenvalue weighted by Crippen LogP contribution is 2.23. The van der Waals surface area contributed by atoms with Gasteiger partial charge in [0.05, 0.1) is 12.8 Å². The number of hydrogen-bond acceptors (Lipinski definition) is 4. The van der Waals surface area contributed by atoms with E-state index >= 15 is 0 Å². The maximum Gasteiger partial charge on any atom is 0.573 e. The van der Waals surface area contributed by atoms with Gasteiger partial charge in [0.15, 0.2) is 0 Å². The molecule has 0 unspecified atom stereocenters. The van der Waals surface area contributed by atoms with E-state index in [-0.39, 0.29) is 12.4 Å². The van der Waals surface area contributed by atoms with Gasteiger partial charge in [-0.25, -0.2) is 0 Å². The van der Waals surface area contributed by atoms with Crippen molar-refractivity contribution in [2.45, 2.75) is 19.9 Å². The van der Waals surface area contributed by atoms with Crippen molar-refractivity contribution >= 4 is 5.71 Å². The second kappa shape index (κ2) is 7.72. The number of hydrogen-bond donors (Lipinski definition) is 0. The smallest absolute Gasteiger partial charge is 0.497 e. The minimum absolute atomic E-state index is 0.274. The van der Waals surface area contributed by atoms with E-state index in [1.807, 2.05) is 24.3 Å². The summed E-state index contributed by atoms with van der Waals surface area (Å²) in [6.45, 7) is 1.98. The highest BCUT2D eigenvalue weighted by Gasteiger charge is 2.30. The Morgan fingerprint density at radius 3 is 2.08 bits per heavy atom. The molecule has 0 aliphatic heterocycles. The molecule has 0 N–H and O–H groups in total. The molecule has 7 heteroatoms. The lowest BCUT2D eigenvalue weighted by Crippen LogP contribution is -2.17. The Morgan fingerprint density at radius 1 is 0.958 bits per heavy atom. The Hall–Kier alpha value is -2.70. The molecule has 2 aromatic rings. The van der Waals surface area contributed by atoms with E-state index in [1.165, 1.54) is 24.3 Å². The highest BCUT2D eigenvalue weighted by molar-refractivity contribution is 5.98. The SMILES string of the molecule is COc1ccc(CO/N=C(/C)c2ccc(OC(F)(F)F)cc2)cc1. The van der Waals surface area contributed by atoms with Crippen molar-refractivity contribution in [3.8, 4) is 11.5 Å². The van der Waals surface area contributed by atoms with Crippen LogP contribution in [0.4, 0.5) is 13.2 Å². The second-order valence-electron chi connectivity index (χ2n) is 4.87. The Labute approximate surface area is 137 Å². The topological polar surface area (TPSA) is 40.0 Å². The molecule has 0 bridgehead atoms. The van der Waals surface area contributed by atoms with E-state index in [2.05, 4.69) is 9.89 Å². The number of ether oxygens (including phenoxy) is 2. The third kappa shape index (κ3) is 5.49. The summed E-state index contributed by atoms with van der Waals surface area (Å²) in [6, 6.07) is 12.8. The molecule has 0 aliphatic carbocycles. The van der Waals surface area contributed by atoms with Gasteiger partial charge < -0.3 is 14.3 Å². The summed E-state index contributed by atoms with van der Waals surface area (Å²) < 4.78 is 45.2. The van der Waals surface area contributed by atoms with Crippen molar-refractivity contribution in [3.05, 3.63) is 59.7 Å². The van der Waals surface area contributed by atoms with Gasteiger partial charge in [0.25, 0.3) is 0 Å².